The fourth-order valence-electron chi connectivity index (χ4n) is 1.95. The maximum absolute atomic E-state index is 11.6. The van der Waals surface area contributed by atoms with Crippen molar-refractivity contribution >= 4 is 11.7 Å². The summed E-state index contributed by atoms with van der Waals surface area (Å²) in [5.41, 5.74) is 5.51. The summed E-state index contributed by atoms with van der Waals surface area (Å²) in [6.07, 6.45) is -2.57. The van der Waals surface area contributed by atoms with Crippen LogP contribution < -0.4 is 21.7 Å². The van der Waals surface area contributed by atoms with Crippen LogP contribution in [0.15, 0.2) is 4.99 Å². The van der Waals surface area contributed by atoms with E-state index in [1.165, 1.54) is 6.92 Å². The van der Waals surface area contributed by atoms with E-state index in [2.05, 4.69) is 20.9 Å². The molecule has 0 saturated carbocycles. The summed E-state index contributed by atoms with van der Waals surface area (Å²) in [5, 5.41) is 27.4. The van der Waals surface area contributed by atoms with Gasteiger partial charge in [-0.25, -0.2) is 4.99 Å². The maximum atomic E-state index is 11.6. The molecule has 2 aliphatic heterocycles. The number of nitrogens with zero attached hydrogens (tertiary/aromatic N) is 1. The molecule has 0 aromatic rings. The number of amidine groups is 1. The van der Waals surface area contributed by atoms with Crippen LogP contribution in [0.1, 0.15) is 6.92 Å². The predicted octanol–water partition coefficient (Wildman–Crippen LogP) is -3.57. The van der Waals surface area contributed by atoms with Crippen LogP contribution in [0.25, 0.3) is 0 Å². The molecule has 8 nitrogen and oxygen atoms in total. The molecule has 5 atom stereocenters. The highest BCUT2D eigenvalue weighted by atomic mass is 16.3. The van der Waals surface area contributed by atoms with Gasteiger partial charge in [0, 0.05) is 6.54 Å². The lowest BCUT2D eigenvalue weighted by molar-refractivity contribution is -0.123. The number of aliphatic imine (C=N–C) groups is 1. The van der Waals surface area contributed by atoms with E-state index in [0.29, 0.717) is 12.4 Å². The van der Waals surface area contributed by atoms with E-state index in [1.807, 2.05) is 0 Å². The Labute approximate surface area is 98.3 Å². The number of fused-ring (bicyclic) bond motifs is 1. The number of hydrogen-bond donors (Lipinski definition) is 6. The van der Waals surface area contributed by atoms with Crippen molar-refractivity contribution in [3.05, 3.63) is 0 Å². The second-order valence-corrected chi connectivity index (χ2v) is 4.29. The summed E-state index contributed by atoms with van der Waals surface area (Å²) in [5.74, 6) is 0.150. The smallest absolute Gasteiger partial charge is 0.247 e. The average molecular weight is 243 g/mol. The molecule has 96 valence electrons. The number of nitrogens with two attached hydrogens (primary N) is 1. The number of carbonyl (C=O) groups is 1. The summed E-state index contributed by atoms with van der Waals surface area (Å²) in [6.45, 7) is 1.86. The van der Waals surface area contributed by atoms with Crippen LogP contribution in [0.5, 0.6) is 0 Å². The van der Waals surface area contributed by atoms with Crippen LogP contribution in [-0.2, 0) is 4.79 Å². The number of piperazine rings is 1. The van der Waals surface area contributed by atoms with E-state index in [4.69, 9.17) is 5.73 Å². The molecular formula is C9H17N5O3. The molecule has 2 aliphatic rings. The zero-order valence-electron chi connectivity index (χ0n) is 9.42. The number of aliphatic hydroxyl groups is 2. The Morgan fingerprint density at radius 2 is 2.18 bits per heavy atom. The van der Waals surface area contributed by atoms with E-state index in [9.17, 15) is 15.0 Å². The lowest BCUT2D eigenvalue weighted by atomic mass is 10.0. The van der Waals surface area contributed by atoms with E-state index in [-0.39, 0.29) is 5.91 Å². The monoisotopic (exact) mass is 243 g/mol. The Bertz CT molecular complexity index is 346. The highest BCUT2D eigenvalue weighted by Crippen LogP contribution is 2.08. The number of amides is 1. The summed E-state index contributed by atoms with van der Waals surface area (Å²) in [6, 6.07) is -0.963. The van der Waals surface area contributed by atoms with E-state index >= 15 is 0 Å². The summed E-state index contributed by atoms with van der Waals surface area (Å²) < 4.78 is 0. The van der Waals surface area contributed by atoms with Crippen molar-refractivity contribution < 1.29 is 15.0 Å². The zero-order valence-corrected chi connectivity index (χ0v) is 9.42. The molecule has 2 heterocycles. The van der Waals surface area contributed by atoms with Gasteiger partial charge in [0.25, 0.3) is 0 Å². The number of aliphatic hydroxyl groups excluding tert-OH is 2. The first-order valence-corrected chi connectivity index (χ1v) is 5.48. The predicted molar refractivity (Wildman–Crippen MR) is 60.0 cm³/mol. The van der Waals surface area contributed by atoms with Gasteiger partial charge in [0.15, 0.2) is 6.29 Å². The molecule has 5 unspecified atom stereocenters. The standard InChI is InChI=1S/C9H17N5O3/c1-3(15)6(16)4-2-11-5-7(12-4)13-9(10)14-8(5)17/h3-6,9,11,15-16H,2,10H2,1H3,(H,12,13)(H,14,17). The molecular weight excluding hydrogens is 226 g/mol. The van der Waals surface area contributed by atoms with Crippen LogP contribution >= 0.6 is 0 Å². The Morgan fingerprint density at radius 1 is 1.47 bits per heavy atom. The van der Waals surface area contributed by atoms with Gasteiger partial charge in [-0.15, -0.1) is 0 Å². The van der Waals surface area contributed by atoms with Crippen molar-refractivity contribution in [1.82, 2.24) is 16.0 Å². The Morgan fingerprint density at radius 3 is 2.82 bits per heavy atom. The van der Waals surface area contributed by atoms with Gasteiger partial charge in [-0.1, -0.05) is 0 Å². The van der Waals surface area contributed by atoms with Gasteiger partial charge in [0.05, 0.1) is 12.1 Å². The molecule has 0 radical (unpaired) electrons. The summed E-state index contributed by atoms with van der Waals surface area (Å²) in [7, 11) is 0. The van der Waals surface area contributed by atoms with Gasteiger partial charge < -0.3 is 20.8 Å². The second-order valence-electron chi connectivity index (χ2n) is 4.29. The number of rotatable bonds is 2. The maximum Gasteiger partial charge on any atom is 0.247 e. The molecule has 8 heteroatoms. The fraction of sp³-hybridized carbons (Fsp3) is 0.778. The van der Waals surface area contributed by atoms with Gasteiger partial charge in [0.1, 0.15) is 18.0 Å². The molecule has 0 spiro atoms. The van der Waals surface area contributed by atoms with Crippen molar-refractivity contribution in [3.63, 3.8) is 0 Å². The lowest BCUT2D eigenvalue weighted by Crippen LogP contribution is -2.70. The number of hydrogen-bond acceptors (Lipinski definition) is 7. The Hall–Kier alpha value is -1.22. The molecule has 1 saturated heterocycles. The molecule has 1 fully saturated rings. The topological polar surface area (TPSA) is 132 Å². The van der Waals surface area contributed by atoms with Crippen molar-refractivity contribution in [2.45, 2.75) is 37.5 Å². The van der Waals surface area contributed by atoms with Crippen molar-refractivity contribution in [3.8, 4) is 0 Å². The molecule has 0 bridgehead atoms. The van der Waals surface area contributed by atoms with Gasteiger partial charge in [0.2, 0.25) is 5.91 Å². The van der Waals surface area contributed by atoms with E-state index in [0.717, 1.165) is 0 Å². The third-order valence-corrected chi connectivity index (χ3v) is 2.89. The van der Waals surface area contributed by atoms with E-state index in [1.54, 1.807) is 0 Å². The summed E-state index contributed by atoms with van der Waals surface area (Å²) in [4.78, 5) is 15.6. The van der Waals surface area contributed by atoms with Gasteiger partial charge in [-0.2, -0.15) is 0 Å². The molecule has 2 rings (SSSR count). The summed E-state index contributed by atoms with van der Waals surface area (Å²) >= 11 is 0. The number of carbonyl (C=O) groups excluding carboxylic acids is 1. The lowest BCUT2D eigenvalue weighted by Gasteiger charge is -2.38. The van der Waals surface area contributed by atoms with Crippen LogP contribution in [0.3, 0.4) is 0 Å². The largest absolute Gasteiger partial charge is 0.391 e. The van der Waals surface area contributed by atoms with Crippen LogP contribution in [0, 0.1) is 0 Å². The third-order valence-electron chi connectivity index (χ3n) is 2.89. The fourth-order valence-corrected chi connectivity index (χ4v) is 1.95. The van der Waals surface area contributed by atoms with Crippen molar-refractivity contribution in [1.29, 1.82) is 0 Å². The molecule has 0 aromatic heterocycles. The van der Waals surface area contributed by atoms with Crippen LogP contribution in [0.4, 0.5) is 0 Å². The van der Waals surface area contributed by atoms with E-state index < -0.39 is 30.6 Å². The first-order valence-electron chi connectivity index (χ1n) is 5.48. The quantitative estimate of drug-likeness (QED) is 0.297. The minimum atomic E-state index is -0.938. The molecule has 0 aromatic carbocycles. The molecule has 1 amide bonds. The van der Waals surface area contributed by atoms with Gasteiger partial charge in [-0.3, -0.25) is 15.8 Å². The average Bonchev–Trinajstić information content (AvgIpc) is 2.26. The minimum absolute atomic E-state index is 0.250. The van der Waals surface area contributed by atoms with Gasteiger partial charge >= 0.3 is 0 Å². The SMILES string of the molecule is CC(O)C(O)C1CNC2C(=O)NC(N)N=C2N1. The first-order chi connectivity index (χ1) is 7.99. The Kier molecular flexibility index (Phi) is 3.29. The Balaban J connectivity index is 2.10. The molecule has 7 N–H and O–H groups in total. The molecule has 0 aliphatic carbocycles. The molecule has 17 heavy (non-hydrogen) atoms. The zero-order chi connectivity index (χ0) is 12.6. The normalized spacial score (nSPS) is 36.1. The van der Waals surface area contributed by atoms with Crippen LogP contribution in [-0.4, -0.2) is 59.1 Å². The van der Waals surface area contributed by atoms with Crippen molar-refractivity contribution in [2.24, 2.45) is 10.7 Å². The second kappa shape index (κ2) is 4.57. The first kappa shape index (κ1) is 12.2. The minimum Gasteiger partial charge on any atom is -0.391 e. The van der Waals surface area contributed by atoms with Gasteiger partial charge in [-0.05, 0) is 6.92 Å². The third kappa shape index (κ3) is 2.39. The number of nitrogens with one attached hydrogen (secondary N) is 3. The highest BCUT2D eigenvalue weighted by Gasteiger charge is 2.37. The van der Waals surface area contributed by atoms with Crippen molar-refractivity contribution in [2.75, 3.05) is 6.54 Å². The van der Waals surface area contributed by atoms with Crippen LogP contribution in [0.2, 0.25) is 0 Å². The highest BCUT2D eigenvalue weighted by molar-refractivity contribution is 6.09.